The average molecular weight is 250 g/mol. The second-order valence-corrected chi connectivity index (χ2v) is 3.18. The summed E-state index contributed by atoms with van der Waals surface area (Å²) < 4.78 is 4.63. The van der Waals surface area contributed by atoms with Crippen LogP contribution in [-0.2, 0) is 9.53 Å². The van der Waals surface area contributed by atoms with E-state index < -0.39 is 18.1 Å². The maximum Gasteiger partial charge on any atom is 0.334 e. The first-order valence-electron chi connectivity index (χ1n) is 5.06. The molecule has 1 unspecified atom stereocenters. The van der Waals surface area contributed by atoms with Crippen LogP contribution in [0.4, 0.5) is 4.79 Å². The van der Waals surface area contributed by atoms with Crippen LogP contribution in [0, 0.1) is 0 Å². The summed E-state index contributed by atoms with van der Waals surface area (Å²) in [5, 5.41) is 28.4. The Kier molecular flexibility index (Phi) is 8.03. The standard InChI is InChI=1S/C9H18N2O6/c1-17-7(8(14)15)6-10-9(16)11(2-4-12)3-5-13/h7,12-13H,2-6H2,1H3,(H,10,16)(H,14,15). The van der Waals surface area contributed by atoms with Crippen molar-refractivity contribution < 1.29 is 29.6 Å². The number of amides is 2. The highest BCUT2D eigenvalue weighted by molar-refractivity contribution is 5.77. The van der Waals surface area contributed by atoms with E-state index in [1.807, 2.05) is 0 Å². The van der Waals surface area contributed by atoms with E-state index >= 15 is 0 Å². The van der Waals surface area contributed by atoms with E-state index in [-0.39, 0.29) is 32.8 Å². The predicted octanol–water partition coefficient (Wildman–Crippen LogP) is -1.92. The molecule has 0 saturated carbocycles. The first-order valence-corrected chi connectivity index (χ1v) is 5.06. The van der Waals surface area contributed by atoms with Gasteiger partial charge >= 0.3 is 12.0 Å². The lowest BCUT2D eigenvalue weighted by Gasteiger charge is -2.22. The third-order valence-corrected chi connectivity index (χ3v) is 2.03. The van der Waals surface area contributed by atoms with Gasteiger partial charge < -0.3 is 30.3 Å². The molecule has 0 aliphatic heterocycles. The minimum atomic E-state index is -1.18. The molecule has 17 heavy (non-hydrogen) atoms. The Morgan fingerprint density at radius 1 is 1.29 bits per heavy atom. The number of nitrogens with one attached hydrogen (secondary N) is 1. The zero-order chi connectivity index (χ0) is 13.3. The molecule has 0 aliphatic carbocycles. The van der Waals surface area contributed by atoms with E-state index in [0.29, 0.717) is 0 Å². The number of hydrogen-bond acceptors (Lipinski definition) is 5. The van der Waals surface area contributed by atoms with E-state index in [9.17, 15) is 9.59 Å². The van der Waals surface area contributed by atoms with Crippen molar-refractivity contribution in [3.05, 3.63) is 0 Å². The van der Waals surface area contributed by atoms with Crippen molar-refractivity contribution in [1.82, 2.24) is 10.2 Å². The second kappa shape index (κ2) is 8.74. The quantitative estimate of drug-likeness (QED) is 0.399. The van der Waals surface area contributed by atoms with Gasteiger partial charge in [-0.1, -0.05) is 0 Å². The Bertz CT molecular complexity index is 242. The van der Waals surface area contributed by atoms with Crippen LogP contribution in [0.1, 0.15) is 0 Å². The summed E-state index contributed by atoms with van der Waals surface area (Å²) in [6, 6.07) is -0.559. The molecular weight excluding hydrogens is 232 g/mol. The van der Waals surface area contributed by atoms with Crippen LogP contribution < -0.4 is 5.32 Å². The van der Waals surface area contributed by atoms with Gasteiger partial charge in [0.05, 0.1) is 19.8 Å². The highest BCUT2D eigenvalue weighted by Crippen LogP contribution is 1.92. The molecule has 0 bridgehead atoms. The zero-order valence-corrected chi connectivity index (χ0v) is 9.63. The molecule has 0 aromatic carbocycles. The van der Waals surface area contributed by atoms with Crippen molar-refractivity contribution >= 4 is 12.0 Å². The largest absolute Gasteiger partial charge is 0.479 e. The lowest BCUT2D eigenvalue weighted by atomic mass is 10.3. The highest BCUT2D eigenvalue weighted by atomic mass is 16.5. The number of rotatable bonds is 8. The third kappa shape index (κ3) is 6.05. The molecule has 0 radical (unpaired) electrons. The summed E-state index contributed by atoms with van der Waals surface area (Å²) >= 11 is 0. The Labute approximate surface area is 98.8 Å². The van der Waals surface area contributed by atoms with E-state index in [1.165, 1.54) is 12.0 Å². The van der Waals surface area contributed by atoms with Crippen molar-refractivity contribution in [2.45, 2.75) is 6.10 Å². The Hall–Kier alpha value is -1.38. The molecular formula is C9H18N2O6. The van der Waals surface area contributed by atoms with E-state index in [0.717, 1.165) is 0 Å². The molecule has 100 valence electrons. The number of carboxylic acid groups (broad SMARTS) is 1. The molecule has 0 rings (SSSR count). The number of carbonyl (C=O) groups is 2. The summed E-state index contributed by atoms with van der Waals surface area (Å²) in [4.78, 5) is 23.3. The maximum atomic E-state index is 11.5. The van der Waals surface area contributed by atoms with Crippen molar-refractivity contribution in [2.24, 2.45) is 0 Å². The zero-order valence-electron chi connectivity index (χ0n) is 9.63. The number of aliphatic hydroxyl groups is 2. The molecule has 2 amide bonds. The average Bonchev–Trinajstić information content (AvgIpc) is 2.28. The van der Waals surface area contributed by atoms with Gasteiger partial charge in [0, 0.05) is 20.2 Å². The topological polar surface area (TPSA) is 119 Å². The second-order valence-electron chi connectivity index (χ2n) is 3.18. The van der Waals surface area contributed by atoms with Gasteiger partial charge in [-0.2, -0.15) is 0 Å². The Morgan fingerprint density at radius 3 is 2.18 bits per heavy atom. The SMILES string of the molecule is COC(CNC(=O)N(CCO)CCO)C(=O)O. The van der Waals surface area contributed by atoms with Gasteiger partial charge in [-0.3, -0.25) is 0 Å². The Balaban J connectivity index is 4.16. The summed E-state index contributed by atoms with van der Waals surface area (Å²) in [5.74, 6) is -1.18. The van der Waals surface area contributed by atoms with Gasteiger partial charge in [-0.15, -0.1) is 0 Å². The monoisotopic (exact) mass is 250 g/mol. The number of methoxy groups -OCH3 is 1. The van der Waals surface area contributed by atoms with Crippen LogP contribution in [0.15, 0.2) is 0 Å². The smallest absolute Gasteiger partial charge is 0.334 e. The van der Waals surface area contributed by atoms with Crippen molar-refractivity contribution in [1.29, 1.82) is 0 Å². The molecule has 0 spiro atoms. The molecule has 0 fully saturated rings. The molecule has 0 aromatic rings. The van der Waals surface area contributed by atoms with Crippen LogP contribution >= 0.6 is 0 Å². The number of hydrogen-bond donors (Lipinski definition) is 4. The number of nitrogens with zero attached hydrogens (tertiary/aromatic N) is 1. The van der Waals surface area contributed by atoms with Gasteiger partial charge in [-0.25, -0.2) is 9.59 Å². The van der Waals surface area contributed by atoms with Gasteiger partial charge in [0.2, 0.25) is 0 Å². The number of carbonyl (C=O) groups excluding carboxylic acids is 1. The maximum absolute atomic E-state index is 11.5. The summed E-state index contributed by atoms with van der Waals surface area (Å²) in [5.41, 5.74) is 0. The molecule has 1 atom stereocenters. The van der Waals surface area contributed by atoms with Crippen LogP contribution in [0.5, 0.6) is 0 Å². The number of aliphatic carboxylic acids is 1. The van der Waals surface area contributed by atoms with Crippen LogP contribution in [-0.4, -0.2) is 78.3 Å². The summed E-state index contributed by atoms with van der Waals surface area (Å²) in [7, 11) is 1.23. The lowest BCUT2D eigenvalue weighted by Crippen LogP contribution is -2.46. The number of urea groups is 1. The van der Waals surface area contributed by atoms with Gasteiger partial charge in [-0.05, 0) is 0 Å². The Morgan fingerprint density at radius 2 is 1.82 bits per heavy atom. The third-order valence-electron chi connectivity index (χ3n) is 2.03. The van der Waals surface area contributed by atoms with Crippen LogP contribution in [0.2, 0.25) is 0 Å². The van der Waals surface area contributed by atoms with Gasteiger partial charge in [0.1, 0.15) is 0 Å². The molecule has 8 heteroatoms. The van der Waals surface area contributed by atoms with Gasteiger partial charge in [0.25, 0.3) is 0 Å². The normalized spacial score (nSPS) is 11.9. The molecule has 0 heterocycles. The van der Waals surface area contributed by atoms with Gasteiger partial charge in [0.15, 0.2) is 6.10 Å². The first-order chi connectivity index (χ1) is 8.06. The fourth-order valence-corrected chi connectivity index (χ4v) is 1.12. The number of carboxylic acids is 1. The van der Waals surface area contributed by atoms with E-state index in [1.54, 1.807) is 0 Å². The lowest BCUT2D eigenvalue weighted by molar-refractivity contribution is -0.148. The summed E-state index contributed by atoms with van der Waals surface area (Å²) in [6.07, 6.45) is -1.12. The highest BCUT2D eigenvalue weighted by Gasteiger charge is 2.19. The molecule has 8 nitrogen and oxygen atoms in total. The minimum absolute atomic E-state index is 0.0666. The van der Waals surface area contributed by atoms with Crippen molar-refractivity contribution in [3.63, 3.8) is 0 Å². The van der Waals surface area contributed by atoms with E-state index in [2.05, 4.69) is 10.1 Å². The summed E-state index contributed by atoms with van der Waals surface area (Å²) in [6.45, 7) is -0.521. The van der Waals surface area contributed by atoms with Crippen molar-refractivity contribution in [2.75, 3.05) is 40.0 Å². The molecule has 0 aliphatic rings. The number of ether oxygens (including phenoxy) is 1. The number of aliphatic hydroxyl groups excluding tert-OH is 2. The molecule has 0 aromatic heterocycles. The molecule has 0 saturated heterocycles. The predicted molar refractivity (Wildman–Crippen MR) is 57.6 cm³/mol. The minimum Gasteiger partial charge on any atom is -0.479 e. The van der Waals surface area contributed by atoms with Crippen LogP contribution in [0.3, 0.4) is 0 Å². The molecule has 4 N–H and O–H groups in total. The first kappa shape index (κ1) is 15.6. The van der Waals surface area contributed by atoms with Crippen molar-refractivity contribution in [3.8, 4) is 0 Å². The fraction of sp³-hybridized carbons (Fsp3) is 0.778. The van der Waals surface area contributed by atoms with E-state index in [4.69, 9.17) is 15.3 Å². The fourth-order valence-electron chi connectivity index (χ4n) is 1.12. The van der Waals surface area contributed by atoms with Crippen LogP contribution in [0.25, 0.3) is 0 Å².